The van der Waals surface area contributed by atoms with Crippen LogP contribution in [0, 0.1) is 5.92 Å². The summed E-state index contributed by atoms with van der Waals surface area (Å²) in [4.78, 5) is 0. The smallest absolute Gasteiger partial charge is 0.104 e. The van der Waals surface area contributed by atoms with Gasteiger partial charge in [-0.15, -0.1) is 10.6 Å². The van der Waals surface area contributed by atoms with E-state index in [1.807, 2.05) is 0 Å². The van der Waals surface area contributed by atoms with Gasteiger partial charge in [0.25, 0.3) is 0 Å². The average molecular weight is 139 g/mol. The molecule has 0 N–H and O–H groups in total. The molecule has 1 radical (unpaired) electrons. The van der Waals surface area contributed by atoms with Crippen LogP contribution in [-0.4, -0.2) is 15.2 Å². The molecular formula is C8H16Al. The second-order valence-electron chi connectivity index (χ2n) is 3.11. The van der Waals surface area contributed by atoms with E-state index in [0.29, 0.717) is 0 Å². The maximum absolute atomic E-state index is 2.29. The number of rotatable bonds is 3. The van der Waals surface area contributed by atoms with Crippen molar-refractivity contribution in [3.8, 4) is 0 Å². The minimum Gasteiger partial charge on any atom is -0.104 e. The van der Waals surface area contributed by atoms with Gasteiger partial charge in [0, 0.05) is 0 Å². The molecule has 1 rings (SSSR count). The van der Waals surface area contributed by atoms with Gasteiger partial charge in [-0.25, -0.2) is 0 Å². The predicted molar refractivity (Wildman–Crippen MR) is 43.0 cm³/mol. The van der Waals surface area contributed by atoms with Crippen molar-refractivity contribution in [2.24, 2.45) is 5.92 Å². The average Bonchev–Trinajstić information content (AvgIpc) is 2.34. The van der Waals surface area contributed by atoms with E-state index in [2.05, 4.69) is 6.92 Å². The third-order valence-electron chi connectivity index (χ3n) is 2.24. The van der Waals surface area contributed by atoms with Crippen LogP contribution in [0.2, 0.25) is 10.6 Å². The zero-order chi connectivity index (χ0) is 6.53. The van der Waals surface area contributed by atoms with Gasteiger partial charge in [-0.05, 0) is 0 Å². The van der Waals surface area contributed by atoms with Crippen molar-refractivity contribution in [1.29, 1.82) is 0 Å². The minimum atomic E-state index is 0.884. The van der Waals surface area contributed by atoms with E-state index in [0.717, 1.165) is 21.1 Å². The van der Waals surface area contributed by atoms with E-state index >= 15 is 0 Å². The summed E-state index contributed by atoms with van der Waals surface area (Å²) in [5.41, 5.74) is 0. The van der Waals surface area contributed by atoms with Gasteiger partial charge in [-0.1, -0.05) is 38.5 Å². The molecular weight excluding hydrogens is 123 g/mol. The highest BCUT2D eigenvalue weighted by molar-refractivity contribution is 6.36. The molecule has 1 heteroatoms. The highest BCUT2D eigenvalue weighted by atomic mass is 27.1. The van der Waals surface area contributed by atoms with Gasteiger partial charge < -0.3 is 0 Å². The lowest BCUT2D eigenvalue weighted by Gasteiger charge is -2.06. The first-order valence-electron chi connectivity index (χ1n) is 4.25. The molecule has 51 valence electrons. The summed E-state index contributed by atoms with van der Waals surface area (Å²) in [6.45, 7) is 2.29. The number of hydrogen-bond donors (Lipinski definition) is 0. The summed E-state index contributed by atoms with van der Waals surface area (Å²) >= 11 is 0.884. The normalized spacial score (nSPS) is 26.1. The van der Waals surface area contributed by atoms with Gasteiger partial charge in [0.2, 0.25) is 0 Å². The van der Waals surface area contributed by atoms with Crippen LogP contribution in [0.15, 0.2) is 0 Å². The first-order chi connectivity index (χ1) is 4.43. The lowest BCUT2D eigenvalue weighted by atomic mass is 10.0. The van der Waals surface area contributed by atoms with E-state index in [4.69, 9.17) is 0 Å². The van der Waals surface area contributed by atoms with Gasteiger partial charge in [0.15, 0.2) is 15.2 Å². The summed E-state index contributed by atoms with van der Waals surface area (Å²) in [5.74, 6) is 1.15. The molecule has 1 atom stereocenters. The largest absolute Gasteiger partial charge is 0.200 e. The van der Waals surface area contributed by atoms with Crippen LogP contribution in [0.3, 0.4) is 0 Å². The predicted octanol–water partition coefficient (Wildman–Crippen LogP) is 2.74. The monoisotopic (exact) mass is 139 g/mol. The molecule has 1 fully saturated rings. The third kappa shape index (κ3) is 2.74. The van der Waals surface area contributed by atoms with Gasteiger partial charge in [-0.3, -0.25) is 0 Å². The zero-order valence-electron chi connectivity index (χ0n) is 6.40. The van der Waals surface area contributed by atoms with Crippen LogP contribution in [0.25, 0.3) is 0 Å². The molecule has 0 saturated carbocycles. The molecule has 1 aliphatic rings. The van der Waals surface area contributed by atoms with Crippen LogP contribution in [-0.2, 0) is 0 Å². The Morgan fingerprint density at radius 2 is 2.44 bits per heavy atom. The summed E-state index contributed by atoms with van der Waals surface area (Å²) in [5, 5.41) is 3.20. The molecule has 1 heterocycles. The van der Waals surface area contributed by atoms with E-state index in [-0.39, 0.29) is 0 Å². The molecule has 1 unspecified atom stereocenters. The standard InChI is InChI=1S/C8H16.Al/c1-4-6-7-8(3)5-2;/h8H,2-7H2,1H3;. The van der Waals surface area contributed by atoms with E-state index in [1.165, 1.54) is 19.3 Å². The second kappa shape index (κ2) is 4.36. The number of hydrogen-bond acceptors (Lipinski definition) is 0. The summed E-state index contributed by atoms with van der Waals surface area (Å²) in [6, 6.07) is 0. The van der Waals surface area contributed by atoms with E-state index < -0.39 is 0 Å². The quantitative estimate of drug-likeness (QED) is 0.527. The Bertz CT molecular complexity index is 65.0. The molecule has 0 aromatic heterocycles. The Labute approximate surface area is 64.7 Å². The summed E-state index contributed by atoms with van der Waals surface area (Å²) in [7, 11) is 0. The van der Waals surface area contributed by atoms with Gasteiger partial charge in [-0.2, -0.15) is 0 Å². The van der Waals surface area contributed by atoms with Crippen molar-refractivity contribution < 1.29 is 0 Å². The lowest BCUT2D eigenvalue weighted by Crippen LogP contribution is -1.91. The molecule has 0 aliphatic carbocycles. The van der Waals surface area contributed by atoms with Crippen LogP contribution < -0.4 is 0 Å². The van der Waals surface area contributed by atoms with Crippen LogP contribution in [0.5, 0.6) is 0 Å². The Hall–Kier alpha value is 0.532. The van der Waals surface area contributed by atoms with Crippen molar-refractivity contribution in [2.75, 3.05) is 0 Å². The molecule has 0 spiro atoms. The Kier molecular flexibility index (Phi) is 3.70. The first kappa shape index (κ1) is 7.64. The van der Waals surface area contributed by atoms with E-state index in [1.54, 1.807) is 17.0 Å². The molecule has 0 nitrogen and oxygen atoms in total. The highest BCUT2D eigenvalue weighted by Gasteiger charge is 2.14. The summed E-state index contributed by atoms with van der Waals surface area (Å²) < 4.78 is 0. The van der Waals surface area contributed by atoms with Crippen molar-refractivity contribution in [3.05, 3.63) is 0 Å². The van der Waals surface area contributed by atoms with E-state index in [9.17, 15) is 0 Å². The van der Waals surface area contributed by atoms with Crippen molar-refractivity contribution in [1.82, 2.24) is 0 Å². The molecule has 1 saturated heterocycles. The maximum Gasteiger partial charge on any atom is 0.200 e. The molecule has 0 aromatic rings. The fourth-order valence-corrected chi connectivity index (χ4v) is 3.47. The fourth-order valence-electron chi connectivity index (χ4n) is 1.58. The lowest BCUT2D eigenvalue weighted by molar-refractivity contribution is 0.511. The van der Waals surface area contributed by atoms with Crippen LogP contribution in [0.1, 0.15) is 32.6 Å². The Morgan fingerprint density at radius 1 is 1.56 bits per heavy atom. The van der Waals surface area contributed by atoms with Gasteiger partial charge >= 0.3 is 0 Å². The number of unbranched alkanes of at least 4 members (excludes halogenated alkanes) is 1. The second-order valence-corrected chi connectivity index (χ2v) is 4.74. The minimum absolute atomic E-state index is 0.884. The zero-order valence-corrected chi connectivity index (χ0v) is 7.55. The topological polar surface area (TPSA) is 0 Å². The molecule has 0 bridgehead atoms. The Morgan fingerprint density at radius 3 is 3.00 bits per heavy atom. The maximum atomic E-state index is 2.29. The Balaban J connectivity index is 1.98. The molecule has 0 aromatic carbocycles. The SMILES string of the molecule is CCCCC1C[CH2][Al][CH2]1. The fraction of sp³-hybridized carbons (Fsp3) is 1.00. The summed E-state index contributed by atoms with van der Waals surface area (Å²) in [6.07, 6.45) is 5.97. The van der Waals surface area contributed by atoms with Gasteiger partial charge in [0.05, 0.1) is 0 Å². The van der Waals surface area contributed by atoms with Crippen molar-refractivity contribution in [3.63, 3.8) is 0 Å². The van der Waals surface area contributed by atoms with Crippen molar-refractivity contribution in [2.45, 2.75) is 43.2 Å². The third-order valence-corrected chi connectivity index (χ3v) is 3.99. The molecule has 9 heavy (non-hydrogen) atoms. The molecule has 1 aliphatic heterocycles. The molecule has 0 amide bonds. The highest BCUT2D eigenvalue weighted by Crippen LogP contribution is 2.25. The van der Waals surface area contributed by atoms with Crippen LogP contribution in [0.4, 0.5) is 0 Å². The van der Waals surface area contributed by atoms with Crippen molar-refractivity contribution >= 4 is 15.2 Å². The first-order valence-corrected chi connectivity index (χ1v) is 5.88. The van der Waals surface area contributed by atoms with Crippen LogP contribution >= 0.6 is 0 Å². The van der Waals surface area contributed by atoms with Gasteiger partial charge in [0.1, 0.15) is 0 Å².